The van der Waals surface area contributed by atoms with Gasteiger partial charge in [-0.25, -0.2) is 9.78 Å². The summed E-state index contributed by atoms with van der Waals surface area (Å²) >= 11 is 1.34. The topological polar surface area (TPSA) is 112 Å². The van der Waals surface area contributed by atoms with E-state index in [-0.39, 0.29) is 5.56 Å². The number of fused-ring (bicyclic) bond motifs is 1. The molecule has 0 unspecified atom stereocenters. The van der Waals surface area contributed by atoms with Gasteiger partial charge in [-0.15, -0.1) is 0 Å². The molecule has 0 saturated heterocycles. The van der Waals surface area contributed by atoms with E-state index in [2.05, 4.69) is 20.4 Å². The van der Waals surface area contributed by atoms with Crippen LogP contribution in [0, 0.1) is 0 Å². The van der Waals surface area contributed by atoms with Gasteiger partial charge in [-0.05, 0) is 53.7 Å². The Balaban J connectivity index is 1.75. The van der Waals surface area contributed by atoms with Crippen LogP contribution in [0.1, 0.15) is 53.3 Å². The molecule has 3 rings (SSSR count). The lowest BCUT2D eigenvalue weighted by molar-refractivity contribution is 0.0465. The third-order valence-electron chi connectivity index (χ3n) is 4.31. The number of alkyl carbamates (subject to hydrolysis) is 1. The number of rotatable bonds is 6. The van der Waals surface area contributed by atoms with E-state index in [9.17, 15) is 9.59 Å². The van der Waals surface area contributed by atoms with Crippen LogP contribution >= 0.6 is 11.8 Å². The van der Waals surface area contributed by atoms with Gasteiger partial charge in [0.15, 0.2) is 11.0 Å². The first-order valence-electron chi connectivity index (χ1n) is 9.97. The van der Waals surface area contributed by atoms with Crippen molar-refractivity contribution in [3.05, 3.63) is 46.3 Å². The van der Waals surface area contributed by atoms with Crippen LogP contribution in [0.15, 0.2) is 38.7 Å². The molecule has 0 aliphatic rings. The monoisotopic (exact) mass is 445 g/mol. The Morgan fingerprint density at radius 1 is 1.19 bits per heavy atom. The quantitative estimate of drug-likeness (QED) is 0.450. The van der Waals surface area contributed by atoms with Crippen molar-refractivity contribution >= 4 is 28.8 Å². The standard InChI is InChI=1S/C21H27N5O4S/c1-7-26-16(27)13-10-8-9-11-14(13)22-18(26)31-12-15-23-17(25-30-15)21(5,6)24-19(28)29-20(2,3)4/h8-11H,7,12H2,1-6H3,(H,24,28). The van der Waals surface area contributed by atoms with Crippen molar-refractivity contribution in [3.63, 3.8) is 0 Å². The second kappa shape index (κ2) is 8.70. The Kier molecular flexibility index (Phi) is 6.40. The lowest BCUT2D eigenvalue weighted by atomic mass is 10.1. The molecule has 0 aliphatic carbocycles. The Morgan fingerprint density at radius 2 is 1.90 bits per heavy atom. The summed E-state index contributed by atoms with van der Waals surface area (Å²) in [4.78, 5) is 33.9. The molecule has 2 heterocycles. The first-order chi connectivity index (χ1) is 14.5. The van der Waals surface area contributed by atoms with Gasteiger partial charge in [0.1, 0.15) is 11.1 Å². The molecule has 0 fully saturated rings. The number of amides is 1. The van der Waals surface area contributed by atoms with E-state index in [1.807, 2.05) is 25.1 Å². The van der Waals surface area contributed by atoms with E-state index in [4.69, 9.17) is 9.26 Å². The highest BCUT2D eigenvalue weighted by Crippen LogP contribution is 2.24. The first-order valence-corrected chi connectivity index (χ1v) is 11.0. The van der Waals surface area contributed by atoms with Crippen molar-refractivity contribution in [1.29, 1.82) is 0 Å². The van der Waals surface area contributed by atoms with Gasteiger partial charge in [-0.2, -0.15) is 4.98 Å². The molecule has 1 amide bonds. The zero-order valence-corrected chi connectivity index (χ0v) is 19.4. The summed E-state index contributed by atoms with van der Waals surface area (Å²) in [7, 11) is 0. The Labute approximate surface area is 184 Å². The van der Waals surface area contributed by atoms with Gasteiger partial charge < -0.3 is 14.6 Å². The largest absolute Gasteiger partial charge is 0.444 e. The molecule has 3 aromatic rings. The van der Waals surface area contributed by atoms with E-state index >= 15 is 0 Å². The Bertz CT molecular complexity index is 1150. The third kappa shape index (κ3) is 5.43. The summed E-state index contributed by atoms with van der Waals surface area (Å²) < 4.78 is 12.3. The number of nitrogens with one attached hydrogen (secondary N) is 1. The molecule has 0 bridgehead atoms. The Morgan fingerprint density at radius 3 is 2.58 bits per heavy atom. The first kappa shape index (κ1) is 22.8. The summed E-state index contributed by atoms with van der Waals surface area (Å²) in [6, 6.07) is 7.26. The van der Waals surface area contributed by atoms with Gasteiger partial charge in [-0.1, -0.05) is 29.1 Å². The average molecular weight is 446 g/mol. The van der Waals surface area contributed by atoms with Crippen LogP contribution in [-0.2, 0) is 22.6 Å². The van der Waals surface area contributed by atoms with Crippen LogP contribution in [0.25, 0.3) is 10.9 Å². The number of benzene rings is 1. The van der Waals surface area contributed by atoms with Gasteiger partial charge in [0, 0.05) is 6.54 Å². The smallest absolute Gasteiger partial charge is 0.408 e. The third-order valence-corrected chi connectivity index (χ3v) is 5.27. The molecular formula is C21H27N5O4S. The molecule has 1 N–H and O–H groups in total. The highest BCUT2D eigenvalue weighted by Gasteiger charge is 2.31. The molecule has 9 nitrogen and oxygen atoms in total. The number of nitrogens with zero attached hydrogens (tertiary/aromatic N) is 4. The van der Waals surface area contributed by atoms with Crippen molar-refractivity contribution in [1.82, 2.24) is 25.0 Å². The fraction of sp³-hybridized carbons (Fsp3) is 0.476. The molecular weight excluding hydrogens is 418 g/mol. The number of carbonyl (C=O) groups excluding carboxylic acids is 1. The summed E-state index contributed by atoms with van der Waals surface area (Å²) in [6.07, 6.45) is -0.564. The van der Waals surface area contributed by atoms with Crippen molar-refractivity contribution in [2.75, 3.05) is 0 Å². The highest BCUT2D eigenvalue weighted by molar-refractivity contribution is 7.98. The predicted octanol–water partition coefficient (Wildman–Crippen LogP) is 3.85. The number of thioether (sulfide) groups is 1. The second-order valence-corrected chi connectivity index (χ2v) is 9.46. The molecule has 0 atom stereocenters. The molecule has 0 spiro atoms. The van der Waals surface area contributed by atoms with E-state index in [0.717, 1.165) is 0 Å². The molecule has 0 saturated carbocycles. The number of ether oxygens (including phenoxy) is 1. The fourth-order valence-corrected chi connectivity index (χ4v) is 3.75. The minimum atomic E-state index is -0.887. The summed E-state index contributed by atoms with van der Waals surface area (Å²) in [5, 5.41) is 7.92. The molecule has 31 heavy (non-hydrogen) atoms. The van der Waals surface area contributed by atoms with Crippen LogP contribution < -0.4 is 10.9 Å². The van der Waals surface area contributed by atoms with Gasteiger partial charge >= 0.3 is 6.09 Å². The van der Waals surface area contributed by atoms with Crippen LogP contribution in [0.4, 0.5) is 4.79 Å². The van der Waals surface area contributed by atoms with Gasteiger partial charge in [0.2, 0.25) is 5.89 Å². The predicted molar refractivity (Wildman–Crippen MR) is 118 cm³/mol. The maximum Gasteiger partial charge on any atom is 0.408 e. The fourth-order valence-electron chi connectivity index (χ4n) is 2.85. The van der Waals surface area contributed by atoms with Crippen molar-refractivity contribution in [3.8, 4) is 0 Å². The van der Waals surface area contributed by atoms with Crippen molar-refractivity contribution in [2.24, 2.45) is 0 Å². The van der Waals surface area contributed by atoms with Gasteiger partial charge in [-0.3, -0.25) is 9.36 Å². The average Bonchev–Trinajstić information content (AvgIpc) is 3.14. The number of hydrogen-bond acceptors (Lipinski definition) is 8. The normalized spacial score (nSPS) is 12.2. The maximum atomic E-state index is 12.7. The minimum Gasteiger partial charge on any atom is -0.444 e. The molecule has 0 radical (unpaired) electrons. The highest BCUT2D eigenvalue weighted by atomic mass is 32.2. The molecule has 2 aromatic heterocycles. The lowest BCUT2D eigenvalue weighted by Gasteiger charge is -2.26. The van der Waals surface area contributed by atoms with Gasteiger partial charge in [0.25, 0.3) is 5.56 Å². The van der Waals surface area contributed by atoms with Crippen molar-refractivity contribution < 1.29 is 14.1 Å². The zero-order valence-electron chi connectivity index (χ0n) is 18.6. The number of carbonyl (C=O) groups is 1. The Hall–Kier alpha value is -2.88. The second-order valence-electron chi connectivity index (χ2n) is 8.51. The van der Waals surface area contributed by atoms with Crippen LogP contribution in [-0.4, -0.2) is 31.4 Å². The zero-order chi connectivity index (χ0) is 22.8. The summed E-state index contributed by atoms with van der Waals surface area (Å²) in [5.74, 6) is 1.03. The minimum absolute atomic E-state index is 0.0792. The van der Waals surface area contributed by atoms with E-state index in [0.29, 0.717) is 40.1 Å². The maximum absolute atomic E-state index is 12.7. The lowest BCUT2D eigenvalue weighted by Crippen LogP contribution is -2.44. The number of para-hydroxylation sites is 1. The van der Waals surface area contributed by atoms with E-state index in [1.165, 1.54) is 11.8 Å². The SMILES string of the molecule is CCn1c(SCc2nc(C(C)(C)NC(=O)OC(C)(C)C)no2)nc2ccccc2c1=O. The molecule has 0 aliphatic heterocycles. The van der Waals surface area contributed by atoms with E-state index < -0.39 is 17.2 Å². The van der Waals surface area contributed by atoms with Crippen LogP contribution in [0.5, 0.6) is 0 Å². The van der Waals surface area contributed by atoms with Crippen LogP contribution in [0.3, 0.4) is 0 Å². The summed E-state index contributed by atoms with van der Waals surface area (Å²) in [5.41, 5.74) is -0.930. The van der Waals surface area contributed by atoms with Gasteiger partial charge in [0.05, 0.1) is 16.7 Å². The van der Waals surface area contributed by atoms with E-state index in [1.54, 1.807) is 45.3 Å². The summed E-state index contributed by atoms with van der Waals surface area (Å²) in [6.45, 7) is 11.3. The molecule has 1 aromatic carbocycles. The van der Waals surface area contributed by atoms with Crippen molar-refractivity contribution in [2.45, 2.75) is 70.1 Å². The van der Waals surface area contributed by atoms with Crippen LogP contribution in [0.2, 0.25) is 0 Å². The molecule has 166 valence electrons. The number of hydrogen-bond donors (Lipinski definition) is 1. The number of aromatic nitrogens is 4. The molecule has 10 heteroatoms.